The van der Waals surface area contributed by atoms with Crippen LogP contribution in [-0.2, 0) is 20.7 Å². The lowest BCUT2D eigenvalue weighted by Gasteiger charge is -2.38. The van der Waals surface area contributed by atoms with Crippen molar-refractivity contribution in [2.24, 2.45) is 5.92 Å². The number of nitrogens with one attached hydrogen (secondary N) is 1. The van der Waals surface area contributed by atoms with Crippen molar-refractivity contribution in [1.29, 1.82) is 0 Å². The first kappa shape index (κ1) is 18.5. The third-order valence-electron chi connectivity index (χ3n) is 4.24. The van der Waals surface area contributed by atoms with Crippen LogP contribution in [-0.4, -0.2) is 48.6 Å². The molecule has 0 aliphatic carbocycles. The van der Waals surface area contributed by atoms with E-state index in [0.29, 0.717) is 38.5 Å². The van der Waals surface area contributed by atoms with Crippen molar-refractivity contribution >= 4 is 11.9 Å². The van der Waals surface area contributed by atoms with Gasteiger partial charge < -0.3 is 15.0 Å². The highest BCUT2D eigenvalue weighted by molar-refractivity contribution is 5.88. The predicted molar refractivity (Wildman–Crippen MR) is 93.5 cm³/mol. The summed E-state index contributed by atoms with van der Waals surface area (Å²) in [6, 6.07) is 9.17. The molecule has 1 fully saturated rings. The zero-order valence-corrected chi connectivity index (χ0v) is 14.8. The van der Waals surface area contributed by atoms with Gasteiger partial charge in [-0.05, 0) is 31.2 Å². The highest BCUT2D eigenvalue weighted by atomic mass is 16.5. The van der Waals surface area contributed by atoms with Gasteiger partial charge in [-0.3, -0.25) is 4.79 Å². The zero-order valence-electron chi connectivity index (χ0n) is 14.8. The summed E-state index contributed by atoms with van der Waals surface area (Å²) in [7, 11) is 0. The van der Waals surface area contributed by atoms with Crippen LogP contribution in [0.1, 0.15) is 32.8 Å². The highest BCUT2D eigenvalue weighted by Crippen LogP contribution is 2.18. The summed E-state index contributed by atoms with van der Waals surface area (Å²) in [5.41, 5.74) is 1.11. The van der Waals surface area contributed by atoms with Gasteiger partial charge in [0.25, 0.3) is 0 Å². The molecule has 2 rings (SSSR count). The van der Waals surface area contributed by atoms with Crippen molar-refractivity contribution in [3.05, 3.63) is 35.9 Å². The first-order valence-corrected chi connectivity index (χ1v) is 8.77. The molecule has 1 saturated heterocycles. The van der Waals surface area contributed by atoms with Crippen LogP contribution in [0.2, 0.25) is 0 Å². The van der Waals surface area contributed by atoms with E-state index in [2.05, 4.69) is 19.2 Å². The van der Waals surface area contributed by atoms with Gasteiger partial charge in [-0.2, -0.15) is 0 Å². The molecule has 5 nitrogen and oxygen atoms in total. The zero-order chi connectivity index (χ0) is 17.5. The minimum absolute atomic E-state index is 0.0104. The van der Waals surface area contributed by atoms with Crippen LogP contribution in [0.3, 0.4) is 0 Å². The summed E-state index contributed by atoms with van der Waals surface area (Å²) >= 11 is 0. The number of esters is 1. The van der Waals surface area contributed by atoms with Crippen LogP contribution < -0.4 is 5.32 Å². The Morgan fingerprint density at radius 1 is 1.33 bits per heavy atom. The summed E-state index contributed by atoms with van der Waals surface area (Å²) in [6.45, 7) is 7.47. The summed E-state index contributed by atoms with van der Waals surface area (Å²) in [5, 5.41) is 3.28. The molecule has 1 N–H and O–H groups in total. The minimum Gasteiger partial charge on any atom is -0.464 e. The third kappa shape index (κ3) is 4.81. The number of piperazine rings is 1. The third-order valence-corrected chi connectivity index (χ3v) is 4.24. The fourth-order valence-electron chi connectivity index (χ4n) is 3.11. The fraction of sp³-hybridized carbons (Fsp3) is 0.579. The molecular formula is C19H28N2O3. The topological polar surface area (TPSA) is 58.6 Å². The lowest BCUT2D eigenvalue weighted by molar-refractivity contribution is -0.157. The number of amides is 1. The Labute approximate surface area is 144 Å². The Morgan fingerprint density at radius 3 is 2.67 bits per heavy atom. The molecule has 5 heteroatoms. The second-order valence-electron chi connectivity index (χ2n) is 6.63. The average molecular weight is 332 g/mol. The van der Waals surface area contributed by atoms with Gasteiger partial charge in [-0.15, -0.1) is 0 Å². The molecule has 1 aromatic carbocycles. The van der Waals surface area contributed by atoms with Crippen LogP contribution in [0.4, 0.5) is 0 Å². The second-order valence-corrected chi connectivity index (χ2v) is 6.63. The molecule has 1 amide bonds. The minimum atomic E-state index is -0.488. The SMILES string of the molecule is CCOC(=O)[C@@H](CC(C)C)N1CCN[C@H](Cc2ccccc2)C1=O. The maximum absolute atomic E-state index is 12.9. The van der Waals surface area contributed by atoms with Crippen molar-refractivity contribution in [3.63, 3.8) is 0 Å². The molecule has 0 spiro atoms. The van der Waals surface area contributed by atoms with E-state index < -0.39 is 6.04 Å². The molecule has 24 heavy (non-hydrogen) atoms. The van der Waals surface area contributed by atoms with Crippen LogP contribution in [0.25, 0.3) is 0 Å². The molecule has 0 bridgehead atoms. The van der Waals surface area contributed by atoms with Gasteiger partial charge >= 0.3 is 5.97 Å². The summed E-state index contributed by atoms with van der Waals surface area (Å²) < 4.78 is 5.21. The van der Waals surface area contributed by atoms with E-state index >= 15 is 0 Å². The smallest absolute Gasteiger partial charge is 0.328 e. The van der Waals surface area contributed by atoms with Gasteiger partial charge in [0.2, 0.25) is 5.91 Å². The largest absolute Gasteiger partial charge is 0.464 e. The van der Waals surface area contributed by atoms with E-state index in [1.54, 1.807) is 11.8 Å². The van der Waals surface area contributed by atoms with Crippen LogP contribution in [0, 0.1) is 5.92 Å². The van der Waals surface area contributed by atoms with Gasteiger partial charge in [0.15, 0.2) is 0 Å². The van der Waals surface area contributed by atoms with E-state index in [-0.39, 0.29) is 17.9 Å². The van der Waals surface area contributed by atoms with Gasteiger partial charge in [0.05, 0.1) is 12.6 Å². The molecule has 1 heterocycles. The number of rotatable bonds is 7. The monoisotopic (exact) mass is 332 g/mol. The van der Waals surface area contributed by atoms with Gasteiger partial charge in [-0.25, -0.2) is 4.79 Å². The fourth-order valence-corrected chi connectivity index (χ4v) is 3.11. The summed E-state index contributed by atoms with van der Waals surface area (Å²) in [5.74, 6) is 0.0124. The highest BCUT2D eigenvalue weighted by Gasteiger charge is 2.37. The lowest BCUT2D eigenvalue weighted by Crippen LogP contribution is -2.60. The van der Waals surface area contributed by atoms with E-state index in [1.807, 2.05) is 30.3 Å². The van der Waals surface area contributed by atoms with E-state index in [9.17, 15) is 9.59 Å². The number of hydrogen-bond donors (Lipinski definition) is 1. The number of carbonyl (C=O) groups excluding carboxylic acids is 2. The standard InChI is InChI=1S/C19H28N2O3/c1-4-24-19(23)17(12-14(2)3)21-11-10-20-16(18(21)22)13-15-8-6-5-7-9-15/h5-9,14,16-17,20H,4,10-13H2,1-3H3/t16-,17-/m1/s1. The lowest BCUT2D eigenvalue weighted by atomic mass is 9.98. The van der Waals surface area contributed by atoms with Gasteiger partial charge in [0, 0.05) is 13.1 Å². The molecule has 1 aromatic rings. The Balaban J connectivity index is 2.12. The summed E-state index contributed by atoms with van der Waals surface area (Å²) in [4.78, 5) is 27.0. The first-order valence-electron chi connectivity index (χ1n) is 8.77. The Bertz CT molecular complexity index is 545. The van der Waals surface area contributed by atoms with Crippen molar-refractivity contribution in [3.8, 4) is 0 Å². The van der Waals surface area contributed by atoms with Gasteiger partial charge in [0.1, 0.15) is 6.04 Å². The number of benzene rings is 1. The first-order chi connectivity index (χ1) is 11.5. The maximum Gasteiger partial charge on any atom is 0.328 e. The van der Waals surface area contributed by atoms with E-state index in [1.165, 1.54) is 0 Å². The van der Waals surface area contributed by atoms with E-state index in [0.717, 1.165) is 5.56 Å². The molecule has 0 unspecified atom stereocenters. The molecular weight excluding hydrogens is 304 g/mol. The van der Waals surface area contributed by atoms with Crippen molar-refractivity contribution in [2.75, 3.05) is 19.7 Å². The van der Waals surface area contributed by atoms with Crippen LogP contribution in [0.5, 0.6) is 0 Å². The van der Waals surface area contributed by atoms with Crippen molar-refractivity contribution < 1.29 is 14.3 Å². The Kier molecular flexibility index (Phi) is 6.79. The molecule has 0 aromatic heterocycles. The molecule has 2 atom stereocenters. The molecule has 0 radical (unpaired) electrons. The molecule has 0 saturated carbocycles. The summed E-state index contributed by atoms with van der Waals surface area (Å²) in [6.07, 6.45) is 1.26. The van der Waals surface area contributed by atoms with Crippen molar-refractivity contribution in [2.45, 2.75) is 45.7 Å². The number of ether oxygens (including phenoxy) is 1. The molecule has 1 aliphatic rings. The van der Waals surface area contributed by atoms with Crippen molar-refractivity contribution in [1.82, 2.24) is 10.2 Å². The maximum atomic E-state index is 12.9. The number of nitrogens with zero attached hydrogens (tertiary/aromatic N) is 1. The predicted octanol–water partition coefficient (Wildman–Crippen LogP) is 2.01. The second kappa shape index (κ2) is 8.83. The van der Waals surface area contributed by atoms with Gasteiger partial charge in [-0.1, -0.05) is 44.2 Å². The molecule has 132 valence electrons. The quantitative estimate of drug-likeness (QED) is 0.776. The van der Waals surface area contributed by atoms with E-state index in [4.69, 9.17) is 4.74 Å². The van der Waals surface area contributed by atoms with Crippen LogP contribution >= 0.6 is 0 Å². The Morgan fingerprint density at radius 2 is 2.04 bits per heavy atom. The average Bonchev–Trinajstić information content (AvgIpc) is 2.56. The Hall–Kier alpha value is -1.88. The number of hydrogen-bond acceptors (Lipinski definition) is 4. The normalized spacial score (nSPS) is 19.4. The molecule has 1 aliphatic heterocycles. The number of carbonyl (C=O) groups is 2. The van der Waals surface area contributed by atoms with Crippen LogP contribution in [0.15, 0.2) is 30.3 Å².